The zero-order valence-corrected chi connectivity index (χ0v) is 27.3. The minimum Gasteiger partial charge on any atom is -0.507 e. The highest BCUT2D eigenvalue weighted by Crippen LogP contribution is 2.45. The lowest BCUT2D eigenvalue weighted by Crippen LogP contribution is -2.29. The monoisotopic (exact) mass is 661 g/mol. The third-order valence-electron chi connectivity index (χ3n) is 7.68. The zero-order chi connectivity index (χ0) is 31.5. The summed E-state index contributed by atoms with van der Waals surface area (Å²) in [6, 6.07) is 19.3. The number of ether oxygens (including phenoxy) is 2. The highest BCUT2D eigenvalue weighted by Gasteiger charge is 2.48. The van der Waals surface area contributed by atoms with Crippen molar-refractivity contribution in [1.29, 1.82) is 0 Å². The Kier molecular flexibility index (Phi) is 9.44. The Morgan fingerprint density at radius 3 is 2.73 bits per heavy atom. The third-order valence-corrected chi connectivity index (χ3v) is 10.1. The molecule has 0 aliphatic carbocycles. The van der Waals surface area contributed by atoms with Crippen LogP contribution in [-0.2, 0) is 21.8 Å². The van der Waals surface area contributed by atoms with Crippen molar-refractivity contribution in [2.24, 2.45) is 0 Å². The number of hydrogen-bond acceptors (Lipinski definition) is 9. The number of rotatable bonds is 11. The molecular formula is C34H32ClN3O5S2. The van der Waals surface area contributed by atoms with Gasteiger partial charge in [0, 0.05) is 22.8 Å². The third kappa shape index (κ3) is 6.73. The predicted molar refractivity (Wildman–Crippen MR) is 177 cm³/mol. The van der Waals surface area contributed by atoms with E-state index >= 15 is 0 Å². The molecule has 0 unspecified atom stereocenters. The second-order valence-electron chi connectivity index (χ2n) is 11.0. The smallest absolute Gasteiger partial charge is 0.301 e. The summed E-state index contributed by atoms with van der Waals surface area (Å²) in [5, 5.41) is 21.2. The van der Waals surface area contributed by atoms with Crippen molar-refractivity contribution in [3.05, 3.63) is 99.6 Å². The molecule has 4 aromatic rings. The number of aromatic nitrogens is 2. The number of aliphatic hydroxyl groups excluding tert-OH is 1. The molecule has 0 bridgehead atoms. The molecule has 8 nitrogen and oxygen atoms in total. The summed E-state index contributed by atoms with van der Waals surface area (Å²) in [7, 11) is 0. The Balaban J connectivity index is 1.37. The van der Waals surface area contributed by atoms with Crippen LogP contribution in [-0.4, -0.2) is 39.7 Å². The Labute approximate surface area is 275 Å². The summed E-state index contributed by atoms with van der Waals surface area (Å²) < 4.78 is 12.5. The minimum atomic E-state index is -0.935. The number of nitrogens with zero attached hydrogens (tertiary/aromatic N) is 3. The number of thioether (sulfide) groups is 1. The first-order valence-electron chi connectivity index (χ1n) is 14.9. The number of carbonyl (C=O) groups is 2. The van der Waals surface area contributed by atoms with Gasteiger partial charge < -0.3 is 14.6 Å². The normalized spacial score (nSPS) is 18.7. The van der Waals surface area contributed by atoms with Gasteiger partial charge in [-0.25, -0.2) is 0 Å². The average molecular weight is 662 g/mol. The molecular weight excluding hydrogens is 630 g/mol. The Hall–Kier alpha value is -3.86. The number of halogens is 1. The van der Waals surface area contributed by atoms with Gasteiger partial charge in [-0.3, -0.25) is 14.5 Å². The standard InChI is InChI=1S/C34H32ClN3O5S2/c1-3-4-5-15-42-26-8-6-7-22(18-26)29-28(30(39)23-11-14-27-24(17-23)16-20(2)43-27)31(40)32(41)38(29)33-36-37-34(45-33)44-19-21-9-12-25(35)13-10-21/h6-14,17-18,20,29,39H,3-5,15-16,19H2,1-2H3/b30-28+/t20-,29+/m1/s1. The lowest BCUT2D eigenvalue weighted by molar-refractivity contribution is -0.132. The number of benzene rings is 3. The van der Waals surface area contributed by atoms with E-state index in [9.17, 15) is 14.7 Å². The predicted octanol–water partition coefficient (Wildman–Crippen LogP) is 8.00. The fourth-order valence-electron chi connectivity index (χ4n) is 5.47. The van der Waals surface area contributed by atoms with Crippen LogP contribution in [0.25, 0.3) is 5.76 Å². The number of Topliss-reactive ketones (excluding diaryl/α,β-unsaturated/α-hetero) is 1. The molecule has 1 N–H and O–H groups in total. The van der Waals surface area contributed by atoms with Gasteiger partial charge in [-0.2, -0.15) is 0 Å². The second-order valence-corrected chi connectivity index (χ2v) is 13.6. The first-order chi connectivity index (χ1) is 21.8. The largest absolute Gasteiger partial charge is 0.507 e. The van der Waals surface area contributed by atoms with Gasteiger partial charge in [0.05, 0.1) is 18.2 Å². The van der Waals surface area contributed by atoms with Gasteiger partial charge in [0.1, 0.15) is 23.4 Å². The molecule has 1 fully saturated rings. The Morgan fingerprint density at radius 2 is 1.93 bits per heavy atom. The van der Waals surface area contributed by atoms with Crippen LogP contribution in [0.4, 0.5) is 5.13 Å². The Bertz CT molecular complexity index is 1760. The lowest BCUT2D eigenvalue weighted by Gasteiger charge is -2.23. The minimum absolute atomic E-state index is 0.0133. The summed E-state index contributed by atoms with van der Waals surface area (Å²) in [6.45, 7) is 4.66. The summed E-state index contributed by atoms with van der Waals surface area (Å²) in [6.07, 6.45) is 3.76. The van der Waals surface area contributed by atoms with Crippen LogP contribution in [0, 0.1) is 0 Å². The maximum absolute atomic E-state index is 13.7. The van der Waals surface area contributed by atoms with Crippen molar-refractivity contribution in [1.82, 2.24) is 10.2 Å². The van der Waals surface area contributed by atoms with Crippen molar-refractivity contribution in [2.75, 3.05) is 11.5 Å². The first kappa shape index (κ1) is 31.1. The number of amides is 1. The number of unbranched alkanes of at least 4 members (excludes halogenated alkanes) is 2. The maximum atomic E-state index is 13.7. The van der Waals surface area contributed by atoms with Gasteiger partial charge in [-0.1, -0.05) is 78.7 Å². The SMILES string of the molecule is CCCCCOc1cccc([C@H]2/C(=C(\O)c3ccc4c(c3)C[C@@H](C)O4)C(=O)C(=O)N2c2nnc(SCc3ccc(Cl)cc3)s2)c1. The summed E-state index contributed by atoms with van der Waals surface area (Å²) >= 11 is 8.71. The fourth-order valence-corrected chi connectivity index (χ4v) is 7.42. The molecule has 232 valence electrons. The molecule has 11 heteroatoms. The van der Waals surface area contributed by atoms with Crippen LogP contribution in [0.5, 0.6) is 11.5 Å². The lowest BCUT2D eigenvalue weighted by atomic mass is 9.94. The quantitative estimate of drug-likeness (QED) is 0.0431. The molecule has 45 heavy (non-hydrogen) atoms. The average Bonchev–Trinajstić information content (AvgIpc) is 3.73. The number of aliphatic hydroxyl groups is 1. The van der Waals surface area contributed by atoms with Gasteiger partial charge in [0.25, 0.3) is 5.78 Å². The maximum Gasteiger partial charge on any atom is 0.301 e. The van der Waals surface area contributed by atoms with Crippen molar-refractivity contribution < 1.29 is 24.2 Å². The number of fused-ring (bicyclic) bond motifs is 1. The highest BCUT2D eigenvalue weighted by atomic mass is 35.5. The molecule has 3 aromatic carbocycles. The summed E-state index contributed by atoms with van der Waals surface area (Å²) in [4.78, 5) is 28.8. The van der Waals surface area contributed by atoms with Crippen LogP contribution in [0.2, 0.25) is 5.02 Å². The van der Waals surface area contributed by atoms with Gasteiger partial charge in [-0.05, 0) is 72.5 Å². The van der Waals surface area contributed by atoms with E-state index in [0.29, 0.717) is 45.0 Å². The molecule has 0 saturated carbocycles. The molecule has 2 aliphatic rings. The zero-order valence-electron chi connectivity index (χ0n) is 24.9. The van der Waals surface area contributed by atoms with Crippen LogP contribution < -0.4 is 14.4 Å². The molecule has 1 aromatic heterocycles. The van der Waals surface area contributed by atoms with E-state index in [4.69, 9.17) is 21.1 Å². The van der Waals surface area contributed by atoms with E-state index < -0.39 is 17.7 Å². The van der Waals surface area contributed by atoms with Crippen LogP contribution in [0.1, 0.15) is 61.4 Å². The second kappa shape index (κ2) is 13.6. The topological polar surface area (TPSA) is 102 Å². The van der Waals surface area contributed by atoms with E-state index in [2.05, 4.69) is 17.1 Å². The highest BCUT2D eigenvalue weighted by molar-refractivity contribution is 8.00. The van der Waals surface area contributed by atoms with Gasteiger partial charge in [0.2, 0.25) is 5.13 Å². The molecule has 0 spiro atoms. The summed E-state index contributed by atoms with van der Waals surface area (Å²) in [5.41, 5.74) is 3.05. The van der Waals surface area contributed by atoms with E-state index in [1.54, 1.807) is 12.1 Å². The van der Waals surface area contributed by atoms with Crippen molar-refractivity contribution in [2.45, 2.75) is 61.8 Å². The fraction of sp³-hybridized carbons (Fsp3) is 0.294. The first-order valence-corrected chi connectivity index (χ1v) is 17.0. The molecule has 0 radical (unpaired) electrons. The number of ketones is 1. The van der Waals surface area contributed by atoms with E-state index in [-0.39, 0.29) is 22.6 Å². The van der Waals surface area contributed by atoms with E-state index in [1.165, 1.54) is 28.0 Å². The molecule has 3 heterocycles. The van der Waals surface area contributed by atoms with E-state index in [0.717, 1.165) is 36.1 Å². The van der Waals surface area contributed by atoms with Crippen LogP contribution in [0.15, 0.2) is 76.6 Å². The molecule has 6 rings (SSSR count). The van der Waals surface area contributed by atoms with Crippen molar-refractivity contribution >= 4 is 57.3 Å². The molecule has 2 aliphatic heterocycles. The van der Waals surface area contributed by atoms with Crippen LogP contribution >= 0.6 is 34.7 Å². The number of hydrogen-bond donors (Lipinski definition) is 1. The van der Waals surface area contributed by atoms with Crippen molar-refractivity contribution in [3.63, 3.8) is 0 Å². The van der Waals surface area contributed by atoms with E-state index in [1.807, 2.05) is 61.5 Å². The van der Waals surface area contributed by atoms with Gasteiger partial charge in [-0.15, -0.1) is 10.2 Å². The van der Waals surface area contributed by atoms with Crippen LogP contribution in [0.3, 0.4) is 0 Å². The molecule has 1 saturated heterocycles. The molecule has 2 atom stereocenters. The number of anilines is 1. The van der Waals surface area contributed by atoms with Gasteiger partial charge in [0.15, 0.2) is 4.34 Å². The Morgan fingerprint density at radius 1 is 1.11 bits per heavy atom. The number of carbonyl (C=O) groups excluding carboxylic acids is 2. The molecule has 1 amide bonds. The summed E-state index contributed by atoms with van der Waals surface area (Å²) in [5.74, 6) is 0.184. The van der Waals surface area contributed by atoms with Crippen molar-refractivity contribution in [3.8, 4) is 11.5 Å². The van der Waals surface area contributed by atoms with Gasteiger partial charge >= 0.3 is 5.91 Å².